The molecule has 26 heavy (non-hydrogen) atoms. The van der Waals surface area contributed by atoms with Crippen molar-refractivity contribution in [2.75, 3.05) is 0 Å². The van der Waals surface area contributed by atoms with Gasteiger partial charge >= 0.3 is 5.97 Å². The lowest BCUT2D eigenvalue weighted by atomic mass is 10.1. The van der Waals surface area contributed by atoms with Gasteiger partial charge in [0.2, 0.25) is 0 Å². The number of carboxylic acid groups (broad SMARTS) is 1. The number of hydrogen-bond acceptors (Lipinski definition) is 4. The predicted molar refractivity (Wildman–Crippen MR) is 96.2 cm³/mol. The van der Waals surface area contributed by atoms with Gasteiger partial charge < -0.3 is 10.4 Å². The van der Waals surface area contributed by atoms with Gasteiger partial charge in [-0.05, 0) is 30.7 Å². The largest absolute Gasteiger partial charge is 0.478 e. The summed E-state index contributed by atoms with van der Waals surface area (Å²) in [5.74, 6) is -1.40. The van der Waals surface area contributed by atoms with Gasteiger partial charge in [-0.2, -0.15) is 5.10 Å². The maximum absolute atomic E-state index is 12.6. The Morgan fingerprint density at radius 1 is 1.08 bits per heavy atom. The van der Waals surface area contributed by atoms with Crippen LogP contribution in [0.2, 0.25) is 0 Å². The zero-order valence-corrected chi connectivity index (χ0v) is 14.1. The minimum atomic E-state index is -1.00. The average Bonchev–Trinajstić information content (AvgIpc) is 2.67. The fourth-order valence-electron chi connectivity index (χ4n) is 2.65. The van der Waals surface area contributed by atoms with Gasteiger partial charge in [-0.1, -0.05) is 30.3 Å². The zero-order valence-electron chi connectivity index (χ0n) is 14.1. The molecule has 0 spiro atoms. The van der Waals surface area contributed by atoms with Gasteiger partial charge in [0, 0.05) is 18.5 Å². The van der Waals surface area contributed by atoms with Crippen molar-refractivity contribution in [3.8, 4) is 0 Å². The number of nitrogens with one attached hydrogen (secondary N) is 1. The molecule has 1 heterocycles. The van der Waals surface area contributed by atoms with Gasteiger partial charge in [0.1, 0.15) is 0 Å². The first-order chi connectivity index (χ1) is 12.5. The first-order valence-corrected chi connectivity index (χ1v) is 8.11. The zero-order chi connectivity index (χ0) is 18.7. The van der Waals surface area contributed by atoms with Crippen molar-refractivity contribution in [3.63, 3.8) is 0 Å². The Bertz CT molecular complexity index is 1040. The number of carbonyl (C=O) groups excluding carboxylic acids is 1. The molecule has 2 N–H and O–H groups in total. The molecule has 3 aromatic rings. The first-order valence-electron chi connectivity index (χ1n) is 8.11. The summed E-state index contributed by atoms with van der Waals surface area (Å²) in [5, 5.41) is 16.8. The number of benzene rings is 2. The fourth-order valence-corrected chi connectivity index (χ4v) is 2.65. The molecule has 0 bridgehead atoms. The predicted octanol–water partition coefficient (Wildman–Crippen LogP) is 2.04. The maximum atomic E-state index is 12.6. The number of aromatic nitrogens is 2. The number of nitrogens with zero attached hydrogens (tertiary/aromatic N) is 2. The van der Waals surface area contributed by atoms with E-state index < -0.39 is 11.9 Å². The SMILES string of the molecule is CCn1nc(C(=O)NCc2ccc(C(=O)O)cc2)c2ccccc2c1=O. The molecular weight excluding hydrogens is 334 g/mol. The van der Waals surface area contributed by atoms with Gasteiger partial charge in [0.15, 0.2) is 5.69 Å². The van der Waals surface area contributed by atoms with E-state index in [4.69, 9.17) is 5.11 Å². The summed E-state index contributed by atoms with van der Waals surface area (Å²) in [6, 6.07) is 13.1. The normalized spacial score (nSPS) is 10.7. The molecule has 0 unspecified atom stereocenters. The molecule has 7 nitrogen and oxygen atoms in total. The summed E-state index contributed by atoms with van der Waals surface area (Å²) >= 11 is 0. The second-order valence-electron chi connectivity index (χ2n) is 5.70. The topological polar surface area (TPSA) is 101 Å². The molecule has 0 saturated heterocycles. The summed E-state index contributed by atoms with van der Waals surface area (Å²) in [7, 11) is 0. The second-order valence-corrected chi connectivity index (χ2v) is 5.70. The van der Waals surface area contributed by atoms with E-state index in [-0.39, 0.29) is 23.4 Å². The van der Waals surface area contributed by atoms with Gasteiger partial charge in [0.05, 0.1) is 10.9 Å². The molecule has 0 aliphatic heterocycles. The minimum Gasteiger partial charge on any atom is -0.478 e. The Labute approximate surface area is 148 Å². The summed E-state index contributed by atoms with van der Waals surface area (Å²) in [4.78, 5) is 35.8. The number of hydrogen-bond donors (Lipinski definition) is 2. The highest BCUT2D eigenvalue weighted by Crippen LogP contribution is 2.13. The number of rotatable bonds is 5. The van der Waals surface area contributed by atoms with E-state index in [2.05, 4.69) is 10.4 Å². The molecule has 0 aliphatic carbocycles. The number of aromatic carboxylic acids is 1. The molecule has 1 amide bonds. The Morgan fingerprint density at radius 3 is 2.35 bits per heavy atom. The van der Waals surface area contributed by atoms with E-state index in [1.54, 1.807) is 43.3 Å². The molecular formula is C19H17N3O4. The van der Waals surface area contributed by atoms with Crippen molar-refractivity contribution in [3.05, 3.63) is 75.7 Å². The molecule has 0 aliphatic rings. The van der Waals surface area contributed by atoms with Gasteiger partial charge in [0.25, 0.3) is 11.5 Å². The van der Waals surface area contributed by atoms with E-state index in [0.29, 0.717) is 17.3 Å². The number of aryl methyl sites for hydroxylation is 1. The second kappa shape index (κ2) is 7.18. The van der Waals surface area contributed by atoms with E-state index >= 15 is 0 Å². The average molecular weight is 351 g/mol. The highest BCUT2D eigenvalue weighted by Gasteiger charge is 2.16. The summed E-state index contributed by atoms with van der Waals surface area (Å²) in [6.07, 6.45) is 0. The lowest BCUT2D eigenvalue weighted by Crippen LogP contribution is -2.30. The van der Waals surface area contributed by atoms with E-state index in [0.717, 1.165) is 5.56 Å². The number of amides is 1. The van der Waals surface area contributed by atoms with Gasteiger partial charge in [-0.25, -0.2) is 9.48 Å². The number of carboxylic acids is 1. The molecule has 0 fully saturated rings. The van der Waals surface area contributed by atoms with Crippen LogP contribution in [0.1, 0.15) is 33.3 Å². The van der Waals surface area contributed by atoms with Crippen molar-refractivity contribution in [2.45, 2.75) is 20.0 Å². The molecule has 2 aromatic carbocycles. The van der Waals surface area contributed by atoms with E-state index in [1.807, 2.05) is 0 Å². The molecule has 0 radical (unpaired) electrons. The van der Waals surface area contributed by atoms with E-state index in [9.17, 15) is 14.4 Å². The van der Waals surface area contributed by atoms with Crippen LogP contribution < -0.4 is 10.9 Å². The standard InChI is InChI=1S/C19H17N3O4/c1-2-22-18(24)15-6-4-3-5-14(15)16(21-22)17(23)20-11-12-7-9-13(10-8-12)19(25)26/h3-10H,2,11H2,1H3,(H,20,23)(H,25,26). The Hall–Kier alpha value is -3.48. The molecule has 1 aromatic heterocycles. The van der Waals surface area contributed by atoms with Crippen LogP contribution in [0.15, 0.2) is 53.3 Å². The molecule has 7 heteroatoms. The van der Waals surface area contributed by atoms with Crippen LogP contribution in [0, 0.1) is 0 Å². The first kappa shape index (κ1) is 17.3. The summed E-state index contributed by atoms with van der Waals surface area (Å²) < 4.78 is 1.26. The molecule has 0 atom stereocenters. The van der Waals surface area contributed by atoms with Crippen LogP contribution >= 0.6 is 0 Å². The molecule has 3 rings (SSSR count). The minimum absolute atomic E-state index is 0.183. The van der Waals surface area contributed by atoms with Gasteiger partial charge in [-0.15, -0.1) is 0 Å². The third kappa shape index (κ3) is 3.32. The third-order valence-corrected chi connectivity index (χ3v) is 4.04. The van der Waals surface area contributed by atoms with Gasteiger partial charge in [-0.3, -0.25) is 9.59 Å². The van der Waals surface area contributed by atoms with Crippen molar-refractivity contribution in [1.82, 2.24) is 15.1 Å². The van der Waals surface area contributed by atoms with Crippen LogP contribution in [0.5, 0.6) is 0 Å². The number of carbonyl (C=O) groups is 2. The smallest absolute Gasteiger partial charge is 0.335 e. The lowest BCUT2D eigenvalue weighted by Gasteiger charge is -2.10. The van der Waals surface area contributed by atoms with Crippen LogP contribution in [0.4, 0.5) is 0 Å². The van der Waals surface area contributed by atoms with E-state index in [1.165, 1.54) is 16.8 Å². The van der Waals surface area contributed by atoms with Crippen LogP contribution in [-0.4, -0.2) is 26.8 Å². The monoisotopic (exact) mass is 351 g/mol. The Morgan fingerprint density at radius 2 is 1.73 bits per heavy atom. The van der Waals surface area contributed by atoms with Crippen LogP contribution in [-0.2, 0) is 13.1 Å². The Kier molecular flexibility index (Phi) is 4.79. The van der Waals surface area contributed by atoms with Crippen LogP contribution in [0.25, 0.3) is 10.8 Å². The maximum Gasteiger partial charge on any atom is 0.335 e. The van der Waals surface area contributed by atoms with Crippen LogP contribution in [0.3, 0.4) is 0 Å². The third-order valence-electron chi connectivity index (χ3n) is 4.04. The quantitative estimate of drug-likeness (QED) is 0.732. The Balaban J connectivity index is 1.87. The van der Waals surface area contributed by atoms with Crippen molar-refractivity contribution in [2.24, 2.45) is 0 Å². The number of fused-ring (bicyclic) bond motifs is 1. The van der Waals surface area contributed by atoms with Crippen molar-refractivity contribution < 1.29 is 14.7 Å². The summed E-state index contributed by atoms with van der Waals surface area (Å²) in [6.45, 7) is 2.37. The fraction of sp³-hybridized carbons (Fsp3) is 0.158. The molecule has 0 saturated carbocycles. The molecule has 132 valence electrons. The van der Waals surface area contributed by atoms with Crippen molar-refractivity contribution >= 4 is 22.6 Å². The highest BCUT2D eigenvalue weighted by molar-refractivity contribution is 6.04. The summed E-state index contributed by atoms with van der Waals surface area (Å²) in [5.41, 5.74) is 0.896. The highest BCUT2D eigenvalue weighted by atomic mass is 16.4. The van der Waals surface area contributed by atoms with Crippen molar-refractivity contribution in [1.29, 1.82) is 0 Å². The lowest BCUT2D eigenvalue weighted by molar-refractivity contribution is 0.0696.